The van der Waals surface area contributed by atoms with E-state index in [1.165, 1.54) is 17.0 Å². The molecule has 2 aliphatic rings. The normalized spacial score (nSPS) is 23.7. The number of ketones is 1. The number of amides is 1. The van der Waals surface area contributed by atoms with Crippen LogP contribution in [-0.4, -0.2) is 46.1 Å². The van der Waals surface area contributed by atoms with E-state index in [2.05, 4.69) is 0 Å². The molecule has 0 aromatic heterocycles. The van der Waals surface area contributed by atoms with Gasteiger partial charge in [-0.05, 0) is 37.5 Å². The molecule has 0 aliphatic carbocycles. The van der Waals surface area contributed by atoms with Gasteiger partial charge in [-0.1, -0.05) is 42.0 Å². The lowest BCUT2D eigenvalue weighted by Gasteiger charge is -2.27. The Morgan fingerprint density at radius 3 is 2.41 bits per heavy atom. The van der Waals surface area contributed by atoms with Gasteiger partial charge in [0.1, 0.15) is 11.5 Å². The molecule has 2 saturated heterocycles. The predicted octanol–water partition coefficient (Wildman–Crippen LogP) is 3.30. The van der Waals surface area contributed by atoms with Gasteiger partial charge in [0.15, 0.2) is 0 Å². The van der Waals surface area contributed by atoms with Crippen LogP contribution in [0.2, 0.25) is 0 Å². The first kappa shape index (κ1) is 19.2. The molecule has 6 nitrogen and oxygen atoms in total. The third-order valence-electron chi connectivity index (χ3n) is 5.50. The number of hydrogen-bond acceptors (Lipinski definition) is 5. The van der Waals surface area contributed by atoms with Crippen molar-refractivity contribution in [2.75, 3.05) is 13.2 Å². The number of aliphatic hydroxyl groups is 1. The summed E-state index contributed by atoms with van der Waals surface area (Å²) < 4.78 is 5.67. The fourth-order valence-electron chi connectivity index (χ4n) is 3.95. The summed E-state index contributed by atoms with van der Waals surface area (Å²) in [7, 11) is 0. The zero-order chi connectivity index (χ0) is 20.5. The first-order chi connectivity index (χ1) is 14.0. The van der Waals surface area contributed by atoms with E-state index in [4.69, 9.17) is 4.74 Å². The number of ether oxygens (including phenoxy) is 1. The van der Waals surface area contributed by atoms with Crippen molar-refractivity contribution >= 4 is 17.4 Å². The average molecular weight is 393 g/mol. The molecule has 1 amide bonds. The Labute approximate surface area is 169 Å². The van der Waals surface area contributed by atoms with Crippen LogP contribution in [0, 0.1) is 6.92 Å². The lowest BCUT2D eigenvalue weighted by Crippen LogP contribution is -2.36. The monoisotopic (exact) mass is 393 g/mol. The van der Waals surface area contributed by atoms with Crippen molar-refractivity contribution in [3.05, 3.63) is 70.8 Å². The lowest BCUT2D eigenvalue weighted by atomic mass is 9.95. The van der Waals surface area contributed by atoms with E-state index in [-0.39, 0.29) is 29.7 Å². The van der Waals surface area contributed by atoms with Gasteiger partial charge in [-0.2, -0.15) is 0 Å². The van der Waals surface area contributed by atoms with Gasteiger partial charge in [0.05, 0.1) is 17.7 Å². The number of aliphatic hydroxyl groups excluding tert-OH is 1. The molecule has 6 heteroatoms. The molecule has 0 bridgehead atoms. The number of carbonyl (C=O) groups excluding carboxylic acids is 2. The Kier molecular flexibility index (Phi) is 5.11. The zero-order valence-electron chi connectivity index (χ0n) is 16.2. The van der Waals surface area contributed by atoms with E-state index in [1.807, 2.05) is 19.1 Å². The predicted molar refractivity (Wildman–Crippen MR) is 107 cm³/mol. The Balaban J connectivity index is 1.81. The summed E-state index contributed by atoms with van der Waals surface area (Å²) in [5, 5.41) is 20.6. The van der Waals surface area contributed by atoms with E-state index in [0.717, 1.165) is 18.4 Å². The summed E-state index contributed by atoms with van der Waals surface area (Å²) in [6.45, 7) is 2.85. The molecule has 2 aromatic carbocycles. The lowest BCUT2D eigenvalue weighted by molar-refractivity contribution is -0.140. The third kappa shape index (κ3) is 3.63. The van der Waals surface area contributed by atoms with Crippen LogP contribution in [0.15, 0.2) is 54.1 Å². The number of rotatable bonds is 4. The van der Waals surface area contributed by atoms with Gasteiger partial charge in [-0.15, -0.1) is 0 Å². The maximum absolute atomic E-state index is 12.9. The van der Waals surface area contributed by atoms with Crippen LogP contribution in [0.5, 0.6) is 5.75 Å². The van der Waals surface area contributed by atoms with Gasteiger partial charge < -0.3 is 19.8 Å². The molecule has 0 spiro atoms. The van der Waals surface area contributed by atoms with E-state index in [0.29, 0.717) is 17.7 Å². The van der Waals surface area contributed by atoms with Crippen LogP contribution in [-0.2, 0) is 14.3 Å². The summed E-state index contributed by atoms with van der Waals surface area (Å²) in [4.78, 5) is 27.3. The number of nitrogens with zero attached hydrogens (tertiary/aromatic N) is 1. The van der Waals surface area contributed by atoms with Crippen molar-refractivity contribution in [1.29, 1.82) is 0 Å². The second-order valence-electron chi connectivity index (χ2n) is 7.54. The standard InChI is InChI=1S/C23H23NO5/c1-14-4-6-16(7-5-14)21(26)19-20(15-8-10-17(25)11-9-15)24(23(28)22(19)27)13-18-3-2-12-29-18/h4-11,18,20,25-26H,2-3,12-13H2,1H3/t18-,20-/m0/s1. The zero-order valence-corrected chi connectivity index (χ0v) is 16.2. The van der Waals surface area contributed by atoms with Gasteiger partial charge in [0, 0.05) is 18.7 Å². The number of phenolic OH excluding ortho intramolecular Hbond substituents is 1. The summed E-state index contributed by atoms with van der Waals surface area (Å²) in [5.41, 5.74) is 2.21. The number of Topliss-reactive ketones (excluding diaryl/α,β-unsaturated/α-hetero) is 1. The van der Waals surface area contributed by atoms with Crippen LogP contribution in [0.4, 0.5) is 0 Å². The maximum atomic E-state index is 12.9. The molecule has 2 N–H and O–H groups in total. The molecular formula is C23H23NO5. The molecule has 2 heterocycles. The molecule has 2 atom stereocenters. The minimum Gasteiger partial charge on any atom is -0.508 e. The minimum absolute atomic E-state index is 0.0579. The molecule has 0 radical (unpaired) electrons. The highest BCUT2D eigenvalue weighted by Crippen LogP contribution is 2.40. The quantitative estimate of drug-likeness (QED) is 0.473. The van der Waals surface area contributed by atoms with Gasteiger partial charge in [0.2, 0.25) is 0 Å². The molecule has 0 saturated carbocycles. The summed E-state index contributed by atoms with van der Waals surface area (Å²) in [6, 6.07) is 12.7. The number of phenols is 1. The van der Waals surface area contributed by atoms with Crippen molar-refractivity contribution in [3.63, 3.8) is 0 Å². The average Bonchev–Trinajstić information content (AvgIpc) is 3.31. The van der Waals surface area contributed by atoms with E-state index >= 15 is 0 Å². The molecule has 2 aromatic rings. The van der Waals surface area contributed by atoms with Gasteiger partial charge in [0.25, 0.3) is 11.7 Å². The smallest absolute Gasteiger partial charge is 0.295 e. The third-order valence-corrected chi connectivity index (χ3v) is 5.50. The number of aryl methyl sites for hydroxylation is 1. The molecular weight excluding hydrogens is 370 g/mol. The Morgan fingerprint density at radius 2 is 1.79 bits per heavy atom. The van der Waals surface area contributed by atoms with Gasteiger partial charge in [-0.25, -0.2) is 0 Å². The van der Waals surface area contributed by atoms with Crippen LogP contribution in [0.25, 0.3) is 5.76 Å². The number of aromatic hydroxyl groups is 1. The Morgan fingerprint density at radius 1 is 1.10 bits per heavy atom. The van der Waals surface area contributed by atoms with Crippen molar-refractivity contribution in [2.24, 2.45) is 0 Å². The summed E-state index contributed by atoms with van der Waals surface area (Å²) >= 11 is 0. The minimum atomic E-state index is -0.735. The highest BCUT2D eigenvalue weighted by Gasteiger charge is 2.47. The first-order valence-electron chi connectivity index (χ1n) is 9.71. The second kappa shape index (κ2) is 7.72. The van der Waals surface area contributed by atoms with Gasteiger partial charge >= 0.3 is 0 Å². The van der Waals surface area contributed by atoms with Crippen LogP contribution >= 0.6 is 0 Å². The van der Waals surface area contributed by atoms with Crippen molar-refractivity contribution in [3.8, 4) is 5.75 Å². The fraction of sp³-hybridized carbons (Fsp3) is 0.304. The van der Waals surface area contributed by atoms with E-state index < -0.39 is 17.7 Å². The largest absolute Gasteiger partial charge is 0.508 e. The number of benzene rings is 2. The maximum Gasteiger partial charge on any atom is 0.295 e. The number of carbonyl (C=O) groups is 2. The molecule has 2 aliphatic heterocycles. The fourth-order valence-corrected chi connectivity index (χ4v) is 3.95. The summed E-state index contributed by atoms with van der Waals surface area (Å²) in [6.07, 6.45) is 1.61. The highest BCUT2D eigenvalue weighted by molar-refractivity contribution is 6.46. The SMILES string of the molecule is Cc1ccc(C(O)=C2C(=O)C(=O)N(C[C@@H]3CCCO3)[C@H]2c2ccc(O)cc2)cc1. The Hall–Kier alpha value is -3.12. The Bertz CT molecular complexity index is 956. The second-order valence-corrected chi connectivity index (χ2v) is 7.54. The number of likely N-dealkylation sites (tertiary alicyclic amines) is 1. The summed E-state index contributed by atoms with van der Waals surface area (Å²) in [5.74, 6) is -1.47. The van der Waals surface area contributed by atoms with Crippen LogP contribution < -0.4 is 0 Å². The topological polar surface area (TPSA) is 87.1 Å². The molecule has 29 heavy (non-hydrogen) atoms. The molecule has 150 valence electrons. The molecule has 2 fully saturated rings. The van der Waals surface area contributed by atoms with Crippen molar-refractivity contribution in [2.45, 2.75) is 31.9 Å². The first-order valence-corrected chi connectivity index (χ1v) is 9.71. The van der Waals surface area contributed by atoms with Crippen molar-refractivity contribution < 1.29 is 24.5 Å². The molecule has 4 rings (SSSR count). The highest BCUT2D eigenvalue weighted by atomic mass is 16.5. The number of hydrogen-bond donors (Lipinski definition) is 2. The molecule has 0 unspecified atom stereocenters. The van der Waals surface area contributed by atoms with Gasteiger partial charge in [-0.3, -0.25) is 9.59 Å². The van der Waals surface area contributed by atoms with Crippen molar-refractivity contribution in [1.82, 2.24) is 4.90 Å². The van der Waals surface area contributed by atoms with E-state index in [1.54, 1.807) is 24.3 Å². The van der Waals surface area contributed by atoms with Crippen LogP contribution in [0.3, 0.4) is 0 Å². The van der Waals surface area contributed by atoms with E-state index in [9.17, 15) is 19.8 Å². The van der Waals surface area contributed by atoms with Crippen LogP contribution in [0.1, 0.15) is 35.6 Å².